The van der Waals surface area contributed by atoms with Crippen molar-refractivity contribution in [2.24, 2.45) is 0 Å². The first kappa shape index (κ1) is 11.0. The van der Waals surface area contributed by atoms with E-state index in [0.29, 0.717) is 11.3 Å². The monoisotopic (exact) mass is 206 g/mol. The molecule has 5 heteroatoms. The van der Waals surface area contributed by atoms with Crippen LogP contribution in [0, 0.1) is 22.5 Å². The second kappa shape index (κ2) is 4.98. The lowest BCUT2D eigenvalue weighted by Gasteiger charge is -2.05. The number of rotatable bonds is 4. The van der Waals surface area contributed by atoms with E-state index in [-0.39, 0.29) is 18.8 Å². The van der Waals surface area contributed by atoms with Gasteiger partial charge >= 0.3 is 0 Å². The van der Waals surface area contributed by atoms with Gasteiger partial charge in [0.1, 0.15) is 5.69 Å². The second-order valence-corrected chi connectivity index (χ2v) is 2.78. The van der Waals surface area contributed by atoms with Crippen LogP contribution in [0.4, 0.5) is 11.4 Å². The molecule has 0 aromatic heterocycles. The van der Waals surface area contributed by atoms with Crippen molar-refractivity contribution >= 4 is 11.4 Å². The Kier molecular flexibility index (Phi) is 3.66. The largest absolute Gasteiger partial charge is 0.395 e. The molecular weight excluding hydrogens is 196 g/mol. The standard InChI is InChI=1S/C10H10N2O3/c1-2-8-3-4-9(11-5-6-13)10(7-8)12(14)15/h1,3-4,7,11,13H,5-6H2. The number of aliphatic hydroxyl groups is 1. The Morgan fingerprint density at radius 1 is 1.60 bits per heavy atom. The Morgan fingerprint density at radius 3 is 2.87 bits per heavy atom. The summed E-state index contributed by atoms with van der Waals surface area (Å²) in [6.07, 6.45) is 5.14. The maximum atomic E-state index is 10.7. The average Bonchev–Trinajstić information content (AvgIpc) is 2.26. The number of hydrogen-bond donors (Lipinski definition) is 2. The van der Waals surface area contributed by atoms with Crippen LogP contribution < -0.4 is 5.32 Å². The van der Waals surface area contributed by atoms with Crippen molar-refractivity contribution < 1.29 is 10.0 Å². The Hall–Kier alpha value is -2.06. The fourth-order valence-corrected chi connectivity index (χ4v) is 1.11. The molecule has 15 heavy (non-hydrogen) atoms. The maximum absolute atomic E-state index is 10.7. The molecule has 5 nitrogen and oxygen atoms in total. The third-order valence-corrected chi connectivity index (χ3v) is 1.79. The summed E-state index contributed by atoms with van der Waals surface area (Å²) in [4.78, 5) is 10.2. The van der Waals surface area contributed by atoms with E-state index < -0.39 is 4.92 Å². The average molecular weight is 206 g/mol. The Balaban J connectivity index is 3.05. The van der Waals surface area contributed by atoms with Gasteiger partial charge in [0.2, 0.25) is 0 Å². The van der Waals surface area contributed by atoms with E-state index in [1.807, 2.05) is 0 Å². The van der Waals surface area contributed by atoms with Crippen LogP contribution in [0.5, 0.6) is 0 Å². The fourth-order valence-electron chi connectivity index (χ4n) is 1.11. The smallest absolute Gasteiger partial charge is 0.293 e. The van der Waals surface area contributed by atoms with Crippen molar-refractivity contribution in [3.05, 3.63) is 33.9 Å². The van der Waals surface area contributed by atoms with Crippen LogP contribution in [0.25, 0.3) is 0 Å². The van der Waals surface area contributed by atoms with E-state index in [0.717, 1.165) is 0 Å². The third kappa shape index (κ3) is 2.69. The summed E-state index contributed by atoms with van der Waals surface area (Å²) in [6, 6.07) is 4.45. The van der Waals surface area contributed by atoms with Gasteiger partial charge in [-0.25, -0.2) is 0 Å². The van der Waals surface area contributed by atoms with Crippen LogP contribution in [0.15, 0.2) is 18.2 Å². The zero-order chi connectivity index (χ0) is 11.3. The molecule has 0 saturated heterocycles. The minimum absolute atomic E-state index is 0.0844. The summed E-state index contributed by atoms with van der Waals surface area (Å²) < 4.78 is 0. The van der Waals surface area contributed by atoms with Gasteiger partial charge in [0, 0.05) is 18.2 Å². The number of nitro groups is 1. The van der Waals surface area contributed by atoms with Crippen molar-refractivity contribution in [3.8, 4) is 12.3 Å². The first-order valence-electron chi connectivity index (χ1n) is 4.29. The van der Waals surface area contributed by atoms with Crippen LogP contribution >= 0.6 is 0 Å². The first-order valence-corrected chi connectivity index (χ1v) is 4.29. The fraction of sp³-hybridized carbons (Fsp3) is 0.200. The van der Waals surface area contributed by atoms with E-state index in [4.69, 9.17) is 11.5 Å². The third-order valence-electron chi connectivity index (χ3n) is 1.79. The molecule has 0 aliphatic heterocycles. The van der Waals surface area contributed by atoms with Gasteiger partial charge in [0.05, 0.1) is 11.5 Å². The molecule has 0 fully saturated rings. The summed E-state index contributed by atoms with van der Waals surface area (Å²) in [6.45, 7) is 0.171. The first-order chi connectivity index (χ1) is 7.19. The number of nitro benzene ring substituents is 1. The summed E-state index contributed by atoms with van der Waals surface area (Å²) in [7, 11) is 0. The highest BCUT2D eigenvalue weighted by atomic mass is 16.6. The Bertz CT molecular complexity index is 410. The molecule has 0 unspecified atom stereocenters. The molecule has 78 valence electrons. The highest BCUT2D eigenvalue weighted by molar-refractivity contribution is 5.64. The van der Waals surface area contributed by atoms with Gasteiger partial charge in [-0.2, -0.15) is 0 Å². The molecule has 2 N–H and O–H groups in total. The molecule has 0 heterocycles. The summed E-state index contributed by atoms with van der Waals surface area (Å²) in [5.74, 6) is 2.32. The van der Waals surface area contributed by atoms with Crippen molar-refractivity contribution in [1.82, 2.24) is 0 Å². The highest BCUT2D eigenvalue weighted by Gasteiger charge is 2.13. The van der Waals surface area contributed by atoms with Crippen molar-refractivity contribution in [2.75, 3.05) is 18.5 Å². The van der Waals surface area contributed by atoms with Gasteiger partial charge in [-0.3, -0.25) is 10.1 Å². The number of nitrogens with one attached hydrogen (secondary N) is 1. The minimum atomic E-state index is -0.513. The van der Waals surface area contributed by atoms with Gasteiger partial charge in [-0.05, 0) is 12.1 Å². The number of anilines is 1. The van der Waals surface area contributed by atoms with Crippen LogP contribution in [0.2, 0.25) is 0 Å². The van der Waals surface area contributed by atoms with Crippen LogP contribution in [0.1, 0.15) is 5.56 Å². The van der Waals surface area contributed by atoms with Crippen molar-refractivity contribution in [3.63, 3.8) is 0 Å². The SMILES string of the molecule is C#Cc1ccc(NCCO)c([N+](=O)[O-])c1. The lowest BCUT2D eigenvalue weighted by molar-refractivity contribution is -0.384. The molecule has 0 radical (unpaired) electrons. The van der Waals surface area contributed by atoms with E-state index in [1.165, 1.54) is 12.1 Å². The van der Waals surface area contributed by atoms with E-state index in [1.54, 1.807) is 6.07 Å². The molecule has 1 aromatic rings. The molecule has 1 aromatic carbocycles. The van der Waals surface area contributed by atoms with E-state index in [2.05, 4.69) is 11.2 Å². The normalized spacial score (nSPS) is 9.33. The van der Waals surface area contributed by atoms with Gasteiger partial charge < -0.3 is 10.4 Å². The molecule has 0 saturated carbocycles. The van der Waals surface area contributed by atoms with Gasteiger partial charge in [0.25, 0.3) is 5.69 Å². The van der Waals surface area contributed by atoms with Crippen LogP contribution in [-0.2, 0) is 0 Å². The molecular formula is C10H10N2O3. The highest BCUT2D eigenvalue weighted by Crippen LogP contribution is 2.24. The quantitative estimate of drug-likeness (QED) is 0.437. The molecule has 0 amide bonds. The minimum Gasteiger partial charge on any atom is -0.395 e. The maximum Gasteiger partial charge on any atom is 0.293 e. The summed E-state index contributed by atoms with van der Waals surface area (Å²) in [5, 5.41) is 22.0. The zero-order valence-corrected chi connectivity index (χ0v) is 7.93. The van der Waals surface area contributed by atoms with Crippen LogP contribution in [-0.4, -0.2) is 23.2 Å². The lowest BCUT2D eigenvalue weighted by Crippen LogP contribution is -2.07. The molecule has 1 rings (SSSR count). The lowest BCUT2D eigenvalue weighted by atomic mass is 10.2. The van der Waals surface area contributed by atoms with Crippen LogP contribution in [0.3, 0.4) is 0 Å². The number of nitrogens with zero attached hydrogens (tertiary/aromatic N) is 1. The molecule has 0 spiro atoms. The molecule has 0 bridgehead atoms. The molecule has 0 atom stereocenters. The number of benzene rings is 1. The summed E-state index contributed by atoms with van der Waals surface area (Å²) >= 11 is 0. The van der Waals surface area contributed by atoms with Gasteiger partial charge in [-0.1, -0.05) is 5.92 Å². The zero-order valence-electron chi connectivity index (χ0n) is 7.93. The Labute approximate surface area is 86.9 Å². The second-order valence-electron chi connectivity index (χ2n) is 2.78. The predicted octanol–water partition coefficient (Wildman–Crippen LogP) is 0.980. The van der Waals surface area contributed by atoms with Gasteiger partial charge in [0.15, 0.2) is 0 Å². The molecule has 0 aliphatic carbocycles. The van der Waals surface area contributed by atoms with Gasteiger partial charge in [-0.15, -0.1) is 6.42 Å². The molecule has 0 aliphatic rings. The summed E-state index contributed by atoms with van der Waals surface area (Å²) in [5.41, 5.74) is 0.725. The Morgan fingerprint density at radius 2 is 2.33 bits per heavy atom. The number of hydrogen-bond acceptors (Lipinski definition) is 4. The van der Waals surface area contributed by atoms with Crippen molar-refractivity contribution in [1.29, 1.82) is 0 Å². The number of terminal acetylenes is 1. The van der Waals surface area contributed by atoms with E-state index in [9.17, 15) is 10.1 Å². The van der Waals surface area contributed by atoms with Crippen molar-refractivity contribution in [2.45, 2.75) is 0 Å². The topological polar surface area (TPSA) is 75.4 Å². The predicted molar refractivity (Wildman–Crippen MR) is 56.6 cm³/mol. The van der Waals surface area contributed by atoms with E-state index >= 15 is 0 Å². The number of aliphatic hydroxyl groups excluding tert-OH is 1.